The van der Waals surface area contributed by atoms with E-state index in [0.717, 1.165) is 11.1 Å². The molecule has 0 saturated heterocycles. The fourth-order valence-corrected chi connectivity index (χ4v) is 5.45. The second-order valence-corrected chi connectivity index (χ2v) is 10.0. The van der Waals surface area contributed by atoms with E-state index in [1.54, 1.807) is 31.2 Å². The van der Waals surface area contributed by atoms with Gasteiger partial charge in [-0.2, -0.15) is 4.31 Å². The molecule has 164 valence electrons. The molecule has 0 radical (unpaired) electrons. The third-order valence-electron chi connectivity index (χ3n) is 5.39. The van der Waals surface area contributed by atoms with E-state index in [1.807, 2.05) is 25.9 Å². The lowest BCUT2D eigenvalue weighted by atomic mass is 10.0. The molecule has 8 heteroatoms. The molecule has 0 unspecified atom stereocenters. The fourth-order valence-electron chi connectivity index (χ4n) is 3.63. The summed E-state index contributed by atoms with van der Waals surface area (Å²) in [7, 11) is 0.0103. The number of hydrogen-bond acceptors (Lipinski definition) is 5. The highest BCUT2D eigenvalue weighted by molar-refractivity contribution is 7.89. The van der Waals surface area contributed by atoms with Crippen LogP contribution in [0.4, 0.5) is 4.39 Å². The van der Waals surface area contributed by atoms with Gasteiger partial charge in [0.1, 0.15) is 22.6 Å². The van der Waals surface area contributed by atoms with Crippen molar-refractivity contribution in [2.24, 2.45) is 5.92 Å². The molecule has 2 aromatic carbocycles. The van der Waals surface area contributed by atoms with Gasteiger partial charge in [-0.05, 0) is 56.4 Å². The predicted molar refractivity (Wildman–Crippen MR) is 114 cm³/mol. The smallest absolute Gasteiger partial charge is 0.247 e. The molecule has 3 rings (SSSR count). The minimum Gasteiger partial charge on any atom is -0.487 e. The number of nitrogens with zero attached hydrogens (tertiary/aromatic N) is 2. The number of aliphatic hydroxyl groups is 1. The molecule has 3 atom stereocenters. The lowest BCUT2D eigenvalue weighted by Gasteiger charge is -2.37. The van der Waals surface area contributed by atoms with Crippen molar-refractivity contribution in [1.82, 2.24) is 9.21 Å². The average Bonchev–Trinajstić information content (AvgIpc) is 2.70. The lowest BCUT2D eigenvalue weighted by molar-refractivity contribution is 0.0813. The van der Waals surface area contributed by atoms with Crippen molar-refractivity contribution < 1.29 is 22.7 Å². The standard InChI is InChI=1S/C22H29FN2O4S/c1-15-12-25(16(2)14-26)30(27,28)22-10-7-18(17-5-8-19(23)9-6-17)11-20(22)29-21(15)13-24(3)4/h5-11,15-16,21,26H,12-14H2,1-4H3/t15-,16-,21-/m0/s1. The Morgan fingerprint density at radius 2 is 1.83 bits per heavy atom. The Hall–Kier alpha value is -2.00. The SMILES string of the molecule is C[C@H]1CN([C@@H](C)CO)S(=O)(=O)c2ccc(-c3ccc(F)cc3)cc2O[C@H]1CN(C)C. The van der Waals surface area contributed by atoms with Crippen LogP contribution in [0.5, 0.6) is 5.75 Å². The monoisotopic (exact) mass is 436 g/mol. The minimum atomic E-state index is -3.87. The zero-order chi connectivity index (χ0) is 22.1. The highest BCUT2D eigenvalue weighted by Crippen LogP contribution is 2.36. The quantitative estimate of drug-likeness (QED) is 0.781. The zero-order valence-corrected chi connectivity index (χ0v) is 18.6. The van der Waals surface area contributed by atoms with Crippen LogP contribution in [0.2, 0.25) is 0 Å². The van der Waals surface area contributed by atoms with E-state index in [4.69, 9.17) is 4.74 Å². The van der Waals surface area contributed by atoms with E-state index in [0.29, 0.717) is 6.54 Å². The van der Waals surface area contributed by atoms with Crippen molar-refractivity contribution in [3.05, 3.63) is 48.3 Å². The number of fused-ring (bicyclic) bond motifs is 1. The van der Waals surface area contributed by atoms with E-state index >= 15 is 0 Å². The Morgan fingerprint density at radius 3 is 2.43 bits per heavy atom. The zero-order valence-electron chi connectivity index (χ0n) is 17.7. The molecular formula is C22H29FN2O4S. The van der Waals surface area contributed by atoms with Crippen molar-refractivity contribution in [3.8, 4) is 16.9 Å². The Labute approximate surface area is 177 Å². The van der Waals surface area contributed by atoms with Gasteiger partial charge in [0.25, 0.3) is 0 Å². The van der Waals surface area contributed by atoms with Gasteiger partial charge in [-0.1, -0.05) is 25.1 Å². The van der Waals surface area contributed by atoms with Crippen molar-refractivity contribution >= 4 is 10.0 Å². The summed E-state index contributed by atoms with van der Waals surface area (Å²) >= 11 is 0. The number of aliphatic hydroxyl groups excluding tert-OH is 1. The number of ether oxygens (including phenoxy) is 1. The Balaban J connectivity index is 2.14. The van der Waals surface area contributed by atoms with Gasteiger partial charge in [0, 0.05) is 25.0 Å². The molecule has 1 heterocycles. The van der Waals surface area contributed by atoms with Crippen LogP contribution in [0.1, 0.15) is 13.8 Å². The van der Waals surface area contributed by atoms with E-state index in [-0.39, 0.29) is 41.6 Å². The average molecular weight is 437 g/mol. The molecule has 1 N–H and O–H groups in total. The summed E-state index contributed by atoms with van der Waals surface area (Å²) in [6.07, 6.45) is -0.244. The second kappa shape index (κ2) is 9.01. The van der Waals surface area contributed by atoms with Crippen LogP contribution in [0.25, 0.3) is 11.1 Å². The van der Waals surface area contributed by atoms with Crippen LogP contribution >= 0.6 is 0 Å². The molecule has 2 aromatic rings. The van der Waals surface area contributed by atoms with Crippen LogP contribution in [0.3, 0.4) is 0 Å². The summed E-state index contributed by atoms with van der Waals surface area (Å²) in [6, 6.07) is 10.4. The third kappa shape index (κ3) is 4.67. The van der Waals surface area contributed by atoms with Crippen LogP contribution in [-0.4, -0.2) is 68.7 Å². The molecule has 1 aliphatic rings. The molecule has 1 aliphatic heterocycles. The van der Waals surface area contributed by atoms with E-state index in [1.165, 1.54) is 22.5 Å². The number of likely N-dealkylation sites (N-methyl/N-ethyl adjacent to an activating group) is 1. The van der Waals surface area contributed by atoms with Gasteiger partial charge in [0.05, 0.1) is 6.61 Å². The van der Waals surface area contributed by atoms with Gasteiger partial charge in [0.2, 0.25) is 10.0 Å². The minimum absolute atomic E-state index is 0.0734. The van der Waals surface area contributed by atoms with Gasteiger partial charge in [-0.25, -0.2) is 12.8 Å². The van der Waals surface area contributed by atoms with Crippen molar-refractivity contribution in [2.75, 3.05) is 33.8 Å². The third-order valence-corrected chi connectivity index (χ3v) is 7.41. The van der Waals surface area contributed by atoms with E-state index in [2.05, 4.69) is 0 Å². The topological polar surface area (TPSA) is 70.1 Å². The fraction of sp³-hybridized carbons (Fsp3) is 0.455. The molecule has 0 spiro atoms. The van der Waals surface area contributed by atoms with Gasteiger partial charge < -0.3 is 14.7 Å². The number of hydrogen-bond donors (Lipinski definition) is 1. The maximum absolute atomic E-state index is 13.4. The molecule has 0 fully saturated rings. The molecule has 6 nitrogen and oxygen atoms in total. The first-order valence-corrected chi connectivity index (χ1v) is 11.4. The summed E-state index contributed by atoms with van der Waals surface area (Å²) in [5.74, 6) is -0.165. The molecule has 30 heavy (non-hydrogen) atoms. The maximum atomic E-state index is 13.4. The second-order valence-electron chi connectivity index (χ2n) is 8.17. The van der Waals surface area contributed by atoms with Crippen molar-refractivity contribution in [1.29, 1.82) is 0 Å². The molecule has 0 bridgehead atoms. The highest BCUT2D eigenvalue weighted by Gasteiger charge is 2.37. The maximum Gasteiger partial charge on any atom is 0.247 e. The summed E-state index contributed by atoms with van der Waals surface area (Å²) < 4.78 is 47.8. The number of benzene rings is 2. The molecule has 0 amide bonds. The highest BCUT2D eigenvalue weighted by atomic mass is 32.2. The van der Waals surface area contributed by atoms with Crippen molar-refractivity contribution in [3.63, 3.8) is 0 Å². The van der Waals surface area contributed by atoms with Crippen molar-refractivity contribution in [2.45, 2.75) is 30.9 Å². The largest absolute Gasteiger partial charge is 0.487 e. The van der Waals surface area contributed by atoms with E-state index in [9.17, 15) is 17.9 Å². The number of sulfonamides is 1. The number of rotatable bonds is 5. The summed E-state index contributed by atoms with van der Waals surface area (Å²) in [5, 5.41) is 9.67. The predicted octanol–water partition coefficient (Wildman–Crippen LogP) is 2.82. The van der Waals surface area contributed by atoms with Gasteiger partial charge in [0.15, 0.2) is 0 Å². The normalized spacial score (nSPS) is 22.6. The van der Waals surface area contributed by atoms with Crippen LogP contribution in [-0.2, 0) is 10.0 Å². The van der Waals surface area contributed by atoms with Gasteiger partial charge >= 0.3 is 0 Å². The molecule has 0 aliphatic carbocycles. The van der Waals surface area contributed by atoms with Crippen LogP contribution < -0.4 is 4.74 Å². The molecule has 0 aromatic heterocycles. The summed E-state index contributed by atoms with van der Waals surface area (Å²) in [5.41, 5.74) is 1.50. The Bertz CT molecular complexity index is 979. The summed E-state index contributed by atoms with van der Waals surface area (Å²) in [6.45, 7) is 4.24. The van der Waals surface area contributed by atoms with Gasteiger partial charge in [-0.15, -0.1) is 0 Å². The van der Waals surface area contributed by atoms with Crippen LogP contribution in [0.15, 0.2) is 47.4 Å². The summed E-state index contributed by atoms with van der Waals surface area (Å²) in [4.78, 5) is 2.07. The first kappa shape index (κ1) is 22.7. The van der Waals surface area contributed by atoms with Gasteiger partial charge in [-0.3, -0.25) is 0 Å². The lowest BCUT2D eigenvalue weighted by Crippen LogP contribution is -2.49. The first-order chi connectivity index (χ1) is 14.1. The van der Waals surface area contributed by atoms with E-state index < -0.39 is 16.1 Å². The molecule has 0 saturated carbocycles. The Morgan fingerprint density at radius 1 is 1.20 bits per heavy atom. The first-order valence-electron chi connectivity index (χ1n) is 9.97. The molecular weight excluding hydrogens is 407 g/mol. The Kier molecular flexibility index (Phi) is 6.81. The van der Waals surface area contributed by atoms with Crippen LogP contribution in [0, 0.1) is 11.7 Å². The number of halogens is 1.